The van der Waals surface area contributed by atoms with Crippen molar-refractivity contribution < 1.29 is 4.79 Å². The first-order valence-corrected chi connectivity index (χ1v) is 10.4. The lowest BCUT2D eigenvalue weighted by Gasteiger charge is -2.19. The van der Waals surface area contributed by atoms with Crippen LogP contribution in [0.25, 0.3) is 33.3 Å². The monoisotopic (exact) mass is 421 g/mol. The van der Waals surface area contributed by atoms with Gasteiger partial charge in [-0.2, -0.15) is 5.26 Å². The third-order valence-corrected chi connectivity index (χ3v) is 5.48. The number of hydrogen-bond acceptors (Lipinski definition) is 5. The van der Waals surface area contributed by atoms with E-state index in [0.29, 0.717) is 28.9 Å². The number of primary amides is 1. The summed E-state index contributed by atoms with van der Waals surface area (Å²) in [5.74, 6) is -0.473. The lowest BCUT2D eigenvalue weighted by atomic mass is 9.98. The molecule has 32 heavy (non-hydrogen) atoms. The molecule has 6 heteroatoms. The van der Waals surface area contributed by atoms with Gasteiger partial charge in [-0.25, -0.2) is 4.98 Å². The fourth-order valence-electron chi connectivity index (χ4n) is 3.78. The summed E-state index contributed by atoms with van der Waals surface area (Å²) in [6.07, 6.45) is 3.78. The zero-order valence-electron chi connectivity index (χ0n) is 18.0. The summed E-state index contributed by atoms with van der Waals surface area (Å²) in [5, 5.41) is 13.9. The first-order chi connectivity index (χ1) is 15.5. The van der Waals surface area contributed by atoms with Gasteiger partial charge in [-0.15, -0.1) is 0 Å². The van der Waals surface area contributed by atoms with Crippen LogP contribution in [-0.2, 0) is 4.79 Å². The highest BCUT2D eigenvalue weighted by atomic mass is 16.1. The molecule has 0 aliphatic carbocycles. The number of nitrogens with one attached hydrogen (secondary N) is 1. The van der Waals surface area contributed by atoms with Gasteiger partial charge in [0.15, 0.2) is 0 Å². The normalized spacial score (nSPS) is 11.7. The number of nitriles is 1. The van der Waals surface area contributed by atoms with Crippen LogP contribution in [-0.4, -0.2) is 21.9 Å². The molecule has 4 rings (SSSR count). The predicted octanol–water partition coefficient (Wildman–Crippen LogP) is 4.82. The SMILES string of the molecule is CC[C@@H](Nc1c(C#N)c(-c2ccc(-c3cccc(C)c3)cc2)nc2cnccc12)C(N)=O. The van der Waals surface area contributed by atoms with Crippen LogP contribution in [0.15, 0.2) is 67.0 Å². The number of pyridine rings is 2. The highest BCUT2D eigenvalue weighted by molar-refractivity contribution is 5.99. The molecule has 0 saturated heterocycles. The average molecular weight is 422 g/mol. The van der Waals surface area contributed by atoms with Crippen molar-refractivity contribution in [1.82, 2.24) is 9.97 Å². The Bertz CT molecular complexity index is 1340. The van der Waals surface area contributed by atoms with Gasteiger partial charge < -0.3 is 11.1 Å². The Morgan fingerprint density at radius 1 is 1.12 bits per heavy atom. The second kappa shape index (κ2) is 8.86. The van der Waals surface area contributed by atoms with Gasteiger partial charge in [0.1, 0.15) is 17.7 Å². The third-order valence-electron chi connectivity index (χ3n) is 5.48. The van der Waals surface area contributed by atoms with E-state index in [2.05, 4.69) is 41.5 Å². The molecular formula is C26H23N5O. The van der Waals surface area contributed by atoms with Crippen molar-refractivity contribution in [2.45, 2.75) is 26.3 Å². The summed E-state index contributed by atoms with van der Waals surface area (Å²) in [6, 6.07) is 19.7. The summed E-state index contributed by atoms with van der Waals surface area (Å²) >= 11 is 0. The molecule has 0 fully saturated rings. The average Bonchev–Trinajstić information content (AvgIpc) is 2.81. The zero-order chi connectivity index (χ0) is 22.7. The minimum atomic E-state index is -0.600. The Balaban J connectivity index is 1.85. The summed E-state index contributed by atoms with van der Waals surface area (Å²) in [5.41, 5.74) is 11.8. The number of benzene rings is 2. The van der Waals surface area contributed by atoms with Gasteiger partial charge in [-0.05, 0) is 30.5 Å². The van der Waals surface area contributed by atoms with Crippen molar-refractivity contribution in [3.8, 4) is 28.5 Å². The van der Waals surface area contributed by atoms with E-state index in [-0.39, 0.29) is 0 Å². The molecule has 0 aliphatic rings. The highest BCUT2D eigenvalue weighted by Crippen LogP contribution is 2.34. The van der Waals surface area contributed by atoms with E-state index in [1.54, 1.807) is 18.5 Å². The van der Waals surface area contributed by atoms with Crippen molar-refractivity contribution in [1.29, 1.82) is 5.26 Å². The van der Waals surface area contributed by atoms with Gasteiger partial charge in [0.2, 0.25) is 5.91 Å². The Morgan fingerprint density at radius 2 is 1.88 bits per heavy atom. The molecule has 2 aromatic heterocycles. The molecule has 0 radical (unpaired) electrons. The number of aromatic nitrogens is 2. The van der Waals surface area contributed by atoms with Crippen molar-refractivity contribution in [2.75, 3.05) is 5.32 Å². The quantitative estimate of drug-likeness (QED) is 0.464. The molecule has 2 heterocycles. The van der Waals surface area contributed by atoms with Gasteiger partial charge in [0, 0.05) is 17.1 Å². The maximum Gasteiger partial charge on any atom is 0.239 e. The maximum atomic E-state index is 11.9. The number of nitrogens with two attached hydrogens (primary N) is 1. The minimum Gasteiger partial charge on any atom is -0.372 e. The number of nitrogens with zero attached hydrogens (tertiary/aromatic N) is 3. The first-order valence-electron chi connectivity index (χ1n) is 10.4. The standard InChI is InChI=1S/C26H23N5O/c1-3-22(26(28)32)30-25-20-11-12-29-15-23(20)31-24(21(25)14-27)18-9-7-17(8-10-18)19-6-4-5-16(2)13-19/h4-13,15,22H,3H2,1-2H3,(H2,28,32)(H,30,31)/t22-/m1/s1. The van der Waals surface area contributed by atoms with E-state index in [1.165, 1.54) is 5.56 Å². The van der Waals surface area contributed by atoms with Gasteiger partial charge in [0.05, 0.1) is 23.1 Å². The van der Waals surface area contributed by atoms with Crippen LogP contribution < -0.4 is 11.1 Å². The van der Waals surface area contributed by atoms with Crippen LogP contribution in [0.3, 0.4) is 0 Å². The largest absolute Gasteiger partial charge is 0.372 e. The number of fused-ring (bicyclic) bond motifs is 1. The molecule has 0 unspecified atom stereocenters. The molecule has 0 saturated carbocycles. The summed E-state index contributed by atoms with van der Waals surface area (Å²) in [6.45, 7) is 3.93. The van der Waals surface area contributed by atoms with Crippen molar-refractivity contribution in [3.63, 3.8) is 0 Å². The molecular weight excluding hydrogens is 398 g/mol. The lowest BCUT2D eigenvalue weighted by molar-refractivity contribution is -0.118. The summed E-state index contributed by atoms with van der Waals surface area (Å²) in [4.78, 5) is 20.8. The minimum absolute atomic E-state index is 0.367. The van der Waals surface area contributed by atoms with Crippen molar-refractivity contribution in [3.05, 3.63) is 78.1 Å². The molecule has 3 N–H and O–H groups in total. The van der Waals surface area contributed by atoms with Gasteiger partial charge in [0.25, 0.3) is 0 Å². The number of hydrogen-bond donors (Lipinski definition) is 2. The van der Waals surface area contributed by atoms with Gasteiger partial charge in [-0.3, -0.25) is 9.78 Å². The zero-order valence-corrected chi connectivity index (χ0v) is 18.0. The molecule has 4 aromatic rings. The topological polar surface area (TPSA) is 105 Å². The van der Waals surface area contributed by atoms with Crippen LogP contribution in [0.4, 0.5) is 5.69 Å². The number of aryl methyl sites for hydroxylation is 1. The Hall–Kier alpha value is -4.24. The lowest BCUT2D eigenvalue weighted by Crippen LogP contribution is -2.35. The Labute approximate surface area is 186 Å². The van der Waals surface area contributed by atoms with Crippen LogP contribution in [0.2, 0.25) is 0 Å². The highest BCUT2D eigenvalue weighted by Gasteiger charge is 2.21. The van der Waals surface area contributed by atoms with Gasteiger partial charge >= 0.3 is 0 Å². The van der Waals surface area contributed by atoms with E-state index < -0.39 is 11.9 Å². The second-order valence-electron chi connectivity index (χ2n) is 7.67. The fraction of sp³-hybridized carbons (Fsp3) is 0.154. The van der Waals surface area contributed by atoms with Crippen LogP contribution >= 0.6 is 0 Å². The number of amides is 1. The van der Waals surface area contributed by atoms with Crippen molar-refractivity contribution >= 4 is 22.5 Å². The molecule has 2 aromatic carbocycles. The number of anilines is 1. The molecule has 0 spiro atoms. The van der Waals surface area contributed by atoms with E-state index in [9.17, 15) is 10.1 Å². The van der Waals surface area contributed by atoms with E-state index in [4.69, 9.17) is 10.7 Å². The van der Waals surface area contributed by atoms with Gasteiger partial charge in [-0.1, -0.05) is 61.0 Å². The molecule has 158 valence electrons. The predicted molar refractivity (Wildman–Crippen MR) is 127 cm³/mol. The van der Waals surface area contributed by atoms with Crippen molar-refractivity contribution in [2.24, 2.45) is 5.73 Å². The number of carbonyl (C=O) groups is 1. The van der Waals surface area contributed by atoms with E-state index in [0.717, 1.165) is 22.1 Å². The van der Waals surface area contributed by atoms with Crippen LogP contribution in [0.5, 0.6) is 0 Å². The molecule has 0 aliphatic heterocycles. The summed E-state index contributed by atoms with van der Waals surface area (Å²) < 4.78 is 0. The first kappa shape index (κ1) is 21.0. The molecule has 1 amide bonds. The van der Waals surface area contributed by atoms with Crippen LogP contribution in [0.1, 0.15) is 24.5 Å². The second-order valence-corrected chi connectivity index (χ2v) is 7.67. The molecule has 0 bridgehead atoms. The smallest absolute Gasteiger partial charge is 0.239 e. The number of carbonyl (C=O) groups excluding carboxylic acids is 1. The molecule has 1 atom stereocenters. The maximum absolute atomic E-state index is 11.9. The van der Waals surface area contributed by atoms with Crippen LogP contribution in [0, 0.1) is 18.3 Å². The Kier molecular flexibility index (Phi) is 5.82. The Morgan fingerprint density at radius 3 is 2.53 bits per heavy atom. The van der Waals surface area contributed by atoms with E-state index >= 15 is 0 Å². The summed E-state index contributed by atoms with van der Waals surface area (Å²) in [7, 11) is 0. The molecule has 6 nitrogen and oxygen atoms in total. The van der Waals surface area contributed by atoms with E-state index in [1.807, 2.05) is 37.3 Å². The fourth-order valence-corrected chi connectivity index (χ4v) is 3.78. The third kappa shape index (κ3) is 4.01. The number of rotatable bonds is 6.